The number of benzene rings is 1. The molecule has 0 aliphatic carbocycles. The molecule has 0 radical (unpaired) electrons. The Labute approximate surface area is 120 Å². The number of carbonyl (C=O) groups excluding carboxylic acids is 1. The molecule has 104 valence electrons. The summed E-state index contributed by atoms with van der Waals surface area (Å²) in [6, 6.07) is 12.3. The Hall–Kier alpha value is -2.95. The monoisotopic (exact) mass is 279 g/mol. The summed E-state index contributed by atoms with van der Waals surface area (Å²) in [7, 11) is 0. The van der Waals surface area contributed by atoms with Crippen LogP contribution in [0.15, 0.2) is 53.5 Å². The van der Waals surface area contributed by atoms with E-state index in [0.29, 0.717) is 11.3 Å². The Balaban J connectivity index is 1.99. The highest BCUT2D eigenvalue weighted by molar-refractivity contribution is 6.08. The van der Waals surface area contributed by atoms with Gasteiger partial charge in [-0.3, -0.25) is 14.6 Å². The van der Waals surface area contributed by atoms with Crippen molar-refractivity contribution in [3.8, 4) is 0 Å². The fourth-order valence-electron chi connectivity index (χ4n) is 2.16. The third kappa shape index (κ3) is 2.67. The highest BCUT2D eigenvalue weighted by Crippen LogP contribution is 2.23. The van der Waals surface area contributed by atoms with Crippen LogP contribution >= 0.6 is 0 Å². The van der Waals surface area contributed by atoms with Crippen LogP contribution in [0.3, 0.4) is 0 Å². The molecule has 1 amide bonds. The minimum absolute atomic E-state index is 0.239. The average Bonchev–Trinajstić information content (AvgIpc) is 2.47. The fourth-order valence-corrected chi connectivity index (χ4v) is 2.16. The van der Waals surface area contributed by atoms with Crippen LogP contribution in [0.25, 0.3) is 10.9 Å². The van der Waals surface area contributed by atoms with Gasteiger partial charge in [-0.15, -0.1) is 0 Å². The minimum atomic E-state index is -0.276. The van der Waals surface area contributed by atoms with Crippen molar-refractivity contribution >= 4 is 22.5 Å². The van der Waals surface area contributed by atoms with E-state index in [1.54, 1.807) is 0 Å². The Morgan fingerprint density at radius 2 is 2.00 bits per heavy atom. The number of hydrogen-bond donors (Lipinski definition) is 2. The summed E-state index contributed by atoms with van der Waals surface area (Å²) in [6.45, 7) is 1.88. The van der Waals surface area contributed by atoms with Gasteiger partial charge in [0.1, 0.15) is 0 Å². The first-order valence-electron chi connectivity index (χ1n) is 6.50. The third-order valence-corrected chi connectivity index (χ3v) is 3.14. The first kappa shape index (κ1) is 13.1. The molecule has 3 rings (SSSR count). The van der Waals surface area contributed by atoms with Crippen molar-refractivity contribution < 1.29 is 4.79 Å². The number of aromatic nitrogens is 2. The molecule has 2 N–H and O–H groups in total. The molecule has 0 fully saturated rings. The van der Waals surface area contributed by atoms with Crippen molar-refractivity contribution in [2.24, 2.45) is 0 Å². The number of carbonyl (C=O) groups is 1. The maximum Gasteiger partial charge on any atom is 0.257 e. The van der Waals surface area contributed by atoms with Gasteiger partial charge in [0.25, 0.3) is 5.91 Å². The van der Waals surface area contributed by atoms with Crippen LogP contribution in [0, 0.1) is 6.92 Å². The summed E-state index contributed by atoms with van der Waals surface area (Å²) >= 11 is 0. The number of para-hydroxylation sites is 1. The molecule has 0 aliphatic rings. The van der Waals surface area contributed by atoms with E-state index < -0.39 is 0 Å². The van der Waals surface area contributed by atoms with Crippen LogP contribution in [-0.4, -0.2) is 15.9 Å². The second-order valence-corrected chi connectivity index (χ2v) is 4.72. The normalized spacial score (nSPS) is 10.5. The lowest BCUT2D eigenvalue weighted by Crippen LogP contribution is -2.15. The van der Waals surface area contributed by atoms with Gasteiger partial charge in [-0.1, -0.05) is 18.2 Å². The van der Waals surface area contributed by atoms with Crippen molar-refractivity contribution in [1.29, 1.82) is 0 Å². The van der Waals surface area contributed by atoms with Gasteiger partial charge in [0, 0.05) is 23.3 Å². The standard InChI is InChI=1S/C16H13N3O2/c1-10-8-14(12-4-2-3-5-13(12)18-10)19-16(21)11-6-7-15(20)17-9-11/h2-9H,1H3,(H,17,20)(H,18,19,21). The number of nitrogens with zero attached hydrogens (tertiary/aromatic N) is 1. The molecule has 0 spiro atoms. The quantitative estimate of drug-likeness (QED) is 0.756. The summed E-state index contributed by atoms with van der Waals surface area (Å²) in [4.78, 5) is 30.2. The van der Waals surface area contributed by atoms with Crippen LogP contribution < -0.4 is 10.9 Å². The van der Waals surface area contributed by atoms with E-state index in [2.05, 4.69) is 15.3 Å². The predicted molar refractivity (Wildman–Crippen MR) is 81.5 cm³/mol. The lowest BCUT2D eigenvalue weighted by atomic mass is 10.1. The van der Waals surface area contributed by atoms with Gasteiger partial charge in [0.05, 0.1) is 16.8 Å². The van der Waals surface area contributed by atoms with E-state index in [-0.39, 0.29) is 11.5 Å². The summed E-state index contributed by atoms with van der Waals surface area (Å²) in [5.74, 6) is -0.276. The van der Waals surface area contributed by atoms with Crippen molar-refractivity contribution in [2.45, 2.75) is 6.92 Å². The highest BCUT2D eigenvalue weighted by Gasteiger charge is 2.09. The van der Waals surface area contributed by atoms with Gasteiger partial charge in [-0.25, -0.2) is 0 Å². The molecule has 5 heteroatoms. The molecule has 21 heavy (non-hydrogen) atoms. The number of anilines is 1. The molecule has 0 unspecified atom stereocenters. The van der Waals surface area contributed by atoms with Gasteiger partial charge in [0.15, 0.2) is 0 Å². The molecule has 0 saturated heterocycles. The van der Waals surface area contributed by atoms with Crippen LogP contribution in [0.4, 0.5) is 5.69 Å². The van der Waals surface area contributed by atoms with Gasteiger partial charge in [-0.2, -0.15) is 0 Å². The van der Waals surface area contributed by atoms with Crippen LogP contribution in [0.1, 0.15) is 16.1 Å². The second kappa shape index (κ2) is 5.20. The van der Waals surface area contributed by atoms with Gasteiger partial charge >= 0.3 is 0 Å². The van der Waals surface area contributed by atoms with Crippen LogP contribution in [0.5, 0.6) is 0 Å². The second-order valence-electron chi connectivity index (χ2n) is 4.72. The lowest BCUT2D eigenvalue weighted by Gasteiger charge is -2.09. The first-order chi connectivity index (χ1) is 10.1. The highest BCUT2D eigenvalue weighted by atomic mass is 16.1. The molecule has 0 aliphatic heterocycles. The van der Waals surface area contributed by atoms with E-state index in [1.807, 2.05) is 37.3 Å². The minimum Gasteiger partial charge on any atom is -0.328 e. The van der Waals surface area contributed by atoms with Gasteiger partial charge < -0.3 is 10.3 Å². The predicted octanol–water partition coefficient (Wildman–Crippen LogP) is 2.48. The molecular weight excluding hydrogens is 266 g/mol. The molecule has 2 aromatic heterocycles. The molecule has 5 nitrogen and oxygen atoms in total. The SMILES string of the molecule is Cc1cc(NC(=O)c2ccc(=O)[nH]c2)c2ccccc2n1. The molecule has 0 bridgehead atoms. The van der Waals surface area contributed by atoms with Gasteiger partial charge in [-0.05, 0) is 25.1 Å². The number of aromatic amines is 1. The Morgan fingerprint density at radius 1 is 1.19 bits per heavy atom. The Morgan fingerprint density at radius 3 is 2.76 bits per heavy atom. The van der Waals surface area contributed by atoms with E-state index >= 15 is 0 Å². The molecule has 3 aromatic rings. The van der Waals surface area contributed by atoms with Gasteiger partial charge in [0.2, 0.25) is 5.56 Å². The average molecular weight is 279 g/mol. The fraction of sp³-hybridized carbons (Fsp3) is 0.0625. The zero-order chi connectivity index (χ0) is 14.8. The van der Waals surface area contributed by atoms with E-state index in [4.69, 9.17) is 0 Å². The van der Waals surface area contributed by atoms with Crippen molar-refractivity contribution in [3.05, 3.63) is 70.3 Å². The molecular formula is C16H13N3O2. The summed E-state index contributed by atoms with van der Waals surface area (Å²) in [6.07, 6.45) is 1.40. The van der Waals surface area contributed by atoms with E-state index in [1.165, 1.54) is 18.3 Å². The zero-order valence-corrected chi connectivity index (χ0v) is 11.4. The molecule has 0 atom stereocenters. The van der Waals surface area contributed by atoms with Crippen molar-refractivity contribution in [2.75, 3.05) is 5.32 Å². The number of nitrogens with one attached hydrogen (secondary N) is 2. The number of pyridine rings is 2. The number of amides is 1. The van der Waals surface area contributed by atoms with E-state index in [0.717, 1.165) is 16.6 Å². The van der Waals surface area contributed by atoms with E-state index in [9.17, 15) is 9.59 Å². The largest absolute Gasteiger partial charge is 0.328 e. The lowest BCUT2D eigenvalue weighted by molar-refractivity contribution is 0.102. The zero-order valence-electron chi connectivity index (χ0n) is 11.4. The Kier molecular flexibility index (Phi) is 3.23. The molecule has 1 aromatic carbocycles. The smallest absolute Gasteiger partial charge is 0.257 e. The maximum atomic E-state index is 12.2. The summed E-state index contributed by atoms with van der Waals surface area (Å²) in [5.41, 5.74) is 2.51. The number of hydrogen-bond acceptors (Lipinski definition) is 3. The van der Waals surface area contributed by atoms with Crippen LogP contribution in [-0.2, 0) is 0 Å². The topological polar surface area (TPSA) is 74.8 Å². The number of aryl methyl sites for hydroxylation is 1. The van der Waals surface area contributed by atoms with Crippen LogP contribution in [0.2, 0.25) is 0 Å². The third-order valence-electron chi connectivity index (χ3n) is 3.14. The summed E-state index contributed by atoms with van der Waals surface area (Å²) < 4.78 is 0. The van der Waals surface area contributed by atoms with Crippen molar-refractivity contribution in [3.63, 3.8) is 0 Å². The number of rotatable bonds is 2. The summed E-state index contributed by atoms with van der Waals surface area (Å²) in [5, 5.41) is 3.74. The molecule has 0 saturated carbocycles. The number of H-pyrrole nitrogens is 1. The maximum absolute atomic E-state index is 12.2. The Bertz CT molecular complexity index is 864. The first-order valence-corrected chi connectivity index (χ1v) is 6.50. The molecule has 2 heterocycles. The number of fused-ring (bicyclic) bond motifs is 1. The van der Waals surface area contributed by atoms with Crippen molar-refractivity contribution in [1.82, 2.24) is 9.97 Å².